The monoisotopic (exact) mass is 266 g/mol. The smallest absolute Gasteiger partial charge is 0.352 e. The molecule has 0 aromatic heterocycles. The Labute approximate surface area is 90.6 Å². The van der Waals surface area contributed by atoms with Crippen LogP contribution in [-0.2, 0) is 4.74 Å². The van der Waals surface area contributed by atoms with Crippen molar-refractivity contribution in [2.24, 2.45) is 0 Å². The molecule has 86 valence electrons. The molecule has 1 aliphatic heterocycles. The van der Waals surface area contributed by atoms with Gasteiger partial charge in [-0.05, 0) is 0 Å². The molecule has 0 N–H and O–H groups in total. The van der Waals surface area contributed by atoms with Gasteiger partial charge in [0.2, 0.25) is 4.93 Å². The van der Waals surface area contributed by atoms with Crippen molar-refractivity contribution < 1.29 is 26.7 Å². The van der Waals surface area contributed by atoms with Gasteiger partial charge in [-0.1, -0.05) is 11.6 Å². The zero-order valence-corrected chi connectivity index (χ0v) is 8.57. The summed E-state index contributed by atoms with van der Waals surface area (Å²) in [7, 11) is 0. The second-order valence-electron chi connectivity index (χ2n) is 3.09. The highest BCUT2D eigenvalue weighted by atomic mass is 35.5. The molecule has 2 rings (SSSR count). The molecule has 1 nitrogen and oxygen atoms in total. The average molecular weight is 267 g/mol. The van der Waals surface area contributed by atoms with Gasteiger partial charge < -0.3 is 4.74 Å². The van der Waals surface area contributed by atoms with Crippen LogP contribution in [0.5, 0.6) is 0 Å². The van der Waals surface area contributed by atoms with Crippen LogP contribution in [0.1, 0.15) is 0 Å². The number of alkyl halides is 4. The summed E-state index contributed by atoms with van der Waals surface area (Å²) in [5.41, 5.74) is 0. The standard InChI is InChI=1S/C7H4ClF5OS/c8-3-4(9)5(10,11)7(12,13)6(3)14-1-2-15-6/h1-2H2. The van der Waals surface area contributed by atoms with Crippen LogP contribution in [0.3, 0.4) is 0 Å². The maximum atomic E-state index is 13.3. The van der Waals surface area contributed by atoms with Gasteiger partial charge in [0.05, 0.1) is 6.61 Å². The van der Waals surface area contributed by atoms with Crippen molar-refractivity contribution in [1.82, 2.24) is 0 Å². The van der Waals surface area contributed by atoms with Crippen molar-refractivity contribution in [1.29, 1.82) is 0 Å². The van der Waals surface area contributed by atoms with Gasteiger partial charge in [-0.15, -0.1) is 11.8 Å². The van der Waals surface area contributed by atoms with E-state index >= 15 is 0 Å². The quantitative estimate of drug-likeness (QED) is 0.623. The van der Waals surface area contributed by atoms with Crippen LogP contribution in [0.4, 0.5) is 22.0 Å². The zero-order valence-electron chi connectivity index (χ0n) is 7.00. The third-order valence-electron chi connectivity index (χ3n) is 2.26. The van der Waals surface area contributed by atoms with E-state index in [0.29, 0.717) is 11.8 Å². The predicted octanol–water partition coefficient (Wildman–Crippen LogP) is 3.15. The Morgan fingerprint density at radius 1 is 1.27 bits per heavy atom. The van der Waals surface area contributed by atoms with E-state index in [9.17, 15) is 22.0 Å². The van der Waals surface area contributed by atoms with Crippen molar-refractivity contribution >= 4 is 23.4 Å². The van der Waals surface area contributed by atoms with Crippen molar-refractivity contribution in [2.45, 2.75) is 16.8 Å². The molecular formula is C7H4ClF5OS. The van der Waals surface area contributed by atoms with Crippen molar-refractivity contribution in [2.75, 3.05) is 12.4 Å². The van der Waals surface area contributed by atoms with Crippen LogP contribution >= 0.6 is 23.4 Å². The van der Waals surface area contributed by atoms with E-state index in [1.54, 1.807) is 0 Å². The average Bonchev–Trinajstić information content (AvgIpc) is 2.67. The maximum absolute atomic E-state index is 13.3. The molecule has 0 bridgehead atoms. The predicted molar refractivity (Wildman–Crippen MR) is 45.0 cm³/mol. The molecule has 8 heteroatoms. The molecule has 0 aromatic rings. The van der Waals surface area contributed by atoms with Crippen LogP contribution in [0, 0.1) is 0 Å². The fourth-order valence-corrected chi connectivity index (χ4v) is 3.09. The molecule has 1 saturated heterocycles. The number of halogens is 6. The van der Waals surface area contributed by atoms with E-state index in [0.717, 1.165) is 0 Å². The van der Waals surface area contributed by atoms with Gasteiger partial charge in [-0.2, -0.15) is 17.6 Å². The van der Waals surface area contributed by atoms with Crippen LogP contribution < -0.4 is 0 Å². The second kappa shape index (κ2) is 3.01. The topological polar surface area (TPSA) is 9.23 Å². The van der Waals surface area contributed by atoms with Crippen LogP contribution in [-0.4, -0.2) is 29.1 Å². The summed E-state index contributed by atoms with van der Waals surface area (Å²) < 4.78 is 69.9. The SMILES string of the molecule is FC1=C(Cl)C2(OCCS2)C(F)(F)C1(F)F. The molecule has 0 aromatic carbocycles. The summed E-state index contributed by atoms with van der Waals surface area (Å²) >= 11 is 5.58. The Kier molecular flexibility index (Phi) is 2.31. The van der Waals surface area contributed by atoms with E-state index in [1.807, 2.05) is 0 Å². The Hall–Kier alpha value is -0.0100. The molecule has 1 fully saturated rings. The minimum absolute atomic E-state index is 0.0647. The second-order valence-corrected chi connectivity index (χ2v) is 4.74. The third kappa shape index (κ3) is 1.09. The lowest BCUT2D eigenvalue weighted by Gasteiger charge is -2.31. The van der Waals surface area contributed by atoms with Crippen molar-refractivity contribution in [3.05, 3.63) is 10.9 Å². The van der Waals surface area contributed by atoms with E-state index in [-0.39, 0.29) is 12.4 Å². The number of thioether (sulfide) groups is 1. The molecule has 1 spiro atoms. The van der Waals surface area contributed by atoms with Gasteiger partial charge in [-0.25, -0.2) is 4.39 Å². The minimum atomic E-state index is -4.90. The fourth-order valence-electron chi connectivity index (χ4n) is 1.49. The lowest BCUT2D eigenvalue weighted by Crippen LogP contribution is -2.51. The summed E-state index contributed by atoms with van der Waals surface area (Å²) in [5.74, 6) is -11.8. The van der Waals surface area contributed by atoms with Crippen molar-refractivity contribution in [3.8, 4) is 0 Å². The van der Waals surface area contributed by atoms with Gasteiger partial charge in [0, 0.05) is 5.75 Å². The number of ether oxygens (including phenoxy) is 1. The molecule has 2 aliphatic rings. The summed E-state index contributed by atoms with van der Waals surface area (Å²) in [5, 5.41) is -1.24. The van der Waals surface area contributed by atoms with Crippen LogP contribution in [0.2, 0.25) is 0 Å². The molecular weight excluding hydrogens is 263 g/mol. The van der Waals surface area contributed by atoms with Crippen LogP contribution in [0.25, 0.3) is 0 Å². The molecule has 0 radical (unpaired) electrons. The highest BCUT2D eigenvalue weighted by Gasteiger charge is 2.80. The van der Waals surface area contributed by atoms with E-state index in [4.69, 9.17) is 11.6 Å². The Balaban J connectivity index is 2.59. The number of rotatable bonds is 0. The summed E-state index contributed by atoms with van der Waals surface area (Å²) in [6.07, 6.45) is 0. The largest absolute Gasteiger partial charge is 0.366 e. The van der Waals surface area contributed by atoms with Gasteiger partial charge in [0.1, 0.15) is 5.03 Å². The lowest BCUT2D eigenvalue weighted by atomic mass is 10.2. The lowest BCUT2D eigenvalue weighted by molar-refractivity contribution is -0.233. The van der Waals surface area contributed by atoms with E-state index in [2.05, 4.69) is 4.74 Å². The number of hydrogen-bond acceptors (Lipinski definition) is 2. The zero-order chi connectivity index (χ0) is 11.5. The molecule has 0 saturated carbocycles. The van der Waals surface area contributed by atoms with Gasteiger partial charge in [0.15, 0.2) is 5.83 Å². The third-order valence-corrected chi connectivity index (χ3v) is 4.16. The number of hydrogen-bond donors (Lipinski definition) is 0. The van der Waals surface area contributed by atoms with E-state index in [1.165, 1.54) is 0 Å². The molecule has 1 atom stereocenters. The molecule has 0 amide bonds. The summed E-state index contributed by atoms with van der Waals surface area (Å²) in [6.45, 7) is -0.167. The Morgan fingerprint density at radius 2 is 1.87 bits per heavy atom. The first-order chi connectivity index (χ1) is 6.77. The molecule has 1 heterocycles. The van der Waals surface area contributed by atoms with Crippen LogP contribution in [0.15, 0.2) is 10.9 Å². The fraction of sp³-hybridized carbons (Fsp3) is 0.714. The van der Waals surface area contributed by atoms with Gasteiger partial charge in [-0.3, -0.25) is 0 Å². The maximum Gasteiger partial charge on any atom is 0.366 e. The first-order valence-corrected chi connectivity index (χ1v) is 5.23. The molecule has 1 unspecified atom stereocenters. The molecule has 15 heavy (non-hydrogen) atoms. The van der Waals surface area contributed by atoms with E-state index < -0.39 is 27.6 Å². The minimum Gasteiger partial charge on any atom is -0.352 e. The Morgan fingerprint density at radius 3 is 2.20 bits per heavy atom. The highest BCUT2D eigenvalue weighted by Crippen LogP contribution is 2.65. The summed E-state index contributed by atoms with van der Waals surface area (Å²) in [6, 6.07) is 0. The number of allylic oxidation sites excluding steroid dienone is 1. The first-order valence-electron chi connectivity index (χ1n) is 3.87. The van der Waals surface area contributed by atoms with Crippen molar-refractivity contribution in [3.63, 3.8) is 0 Å². The summed E-state index contributed by atoms with van der Waals surface area (Å²) in [4.78, 5) is -2.75. The first kappa shape index (κ1) is 11.5. The Bertz CT molecular complexity index is 336. The normalized spacial score (nSPS) is 38.0. The van der Waals surface area contributed by atoms with Gasteiger partial charge >= 0.3 is 11.8 Å². The highest BCUT2D eigenvalue weighted by molar-refractivity contribution is 8.01. The molecule has 1 aliphatic carbocycles. The van der Waals surface area contributed by atoms with Gasteiger partial charge in [0.25, 0.3) is 0 Å².